The van der Waals surface area contributed by atoms with Crippen molar-refractivity contribution in [3.8, 4) is 0 Å². The summed E-state index contributed by atoms with van der Waals surface area (Å²) in [5, 5.41) is 16.8. The van der Waals surface area contributed by atoms with E-state index in [2.05, 4.69) is 22.7 Å². The number of carbonyl (C=O) groups excluding carboxylic acids is 1. The van der Waals surface area contributed by atoms with E-state index in [1.807, 2.05) is 0 Å². The zero-order valence-electron chi connectivity index (χ0n) is 15.1. The van der Waals surface area contributed by atoms with Gasteiger partial charge >= 0.3 is 113 Å². The SMILES string of the molecule is CCC[CH2][SnH]([CH]=C(C)C(=O)O)[CH2]CCC.COC(=O)/C=C\C(=O)O. The largest absolute Gasteiger partial charge is 0.478 e. The average Bonchev–Trinajstić information content (AvgIpc) is 2.55. The Morgan fingerprint density at radius 3 is 1.83 bits per heavy atom. The van der Waals surface area contributed by atoms with Crippen molar-refractivity contribution in [2.75, 3.05) is 7.11 Å². The maximum Gasteiger partial charge on any atom is 0.330 e. The Morgan fingerprint density at radius 2 is 1.50 bits per heavy atom. The Kier molecular flexibility index (Phi) is 17.2. The molecule has 0 fully saturated rings. The topological polar surface area (TPSA) is 101 Å². The second-order valence-corrected chi connectivity index (χ2v) is 14.0. The number of carboxylic acid groups (broad SMARTS) is 2. The zero-order valence-corrected chi connectivity index (χ0v) is 18.4. The van der Waals surface area contributed by atoms with Gasteiger partial charge < -0.3 is 9.84 Å². The van der Waals surface area contributed by atoms with Crippen LogP contribution in [0.3, 0.4) is 0 Å². The Morgan fingerprint density at radius 1 is 1.00 bits per heavy atom. The summed E-state index contributed by atoms with van der Waals surface area (Å²) in [7, 11) is 1.18. The van der Waals surface area contributed by atoms with Crippen molar-refractivity contribution >= 4 is 37.7 Å². The standard InChI is InChI=1S/C5H6O4.C4H5O2.2C4H9.Sn.H/c1-9-5(8)3-2-4(6)7;1-3(2)4(5)6;2*1-3-4-2;;/h2-3H,1H3,(H,6,7);1H,2H3,(H,5,6);2*1,3-4H2,2H3;;/b3-2-;;;;;. The van der Waals surface area contributed by atoms with Gasteiger partial charge in [0.2, 0.25) is 0 Å². The summed E-state index contributed by atoms with van der Waals surface area (Å²) in [5.74, 6) is -2.57. The van der Waals surface area contributed by atoms with Gasteiger partial charge in [0.15, 0.2) is 0 Å². The van der Waals surface area contributed by atoms with E-state index in [-0.39, 0.29) is 0 Å². The third-order valence-electron chi connectivity index (χ3n) is 3.24. The molecule has 0 radical (unpaired) electrons. The minimum Gasteiger partial charge on any atom is -0.478 e. The van der Waals surface area contributed by atoms with Crippen molar-refractivity contribution in [3.63, 3.8) is 0 Å². The minimum atomic E-state index is -1.64. The summed E-state index contributed by atoms with van der Waals surface area (Å²) < 4.78 is 8.93. The van der Waals surface area contributed by atoms with E-state index < -0.39 is 37.7 Å². The van der Waals surface area contributed by atoms with Gasteiger partial charge in [-0.25, -0.2) is 9.59 Å². The van der Waals surface area contributed by atoms with Gasteiger partial charge in [-0.2, -0.15) is 0 Å². The van der Waals surface area contributed by atoms with Crippen LogP contribution in [0.1, 0.15) is 46.5 Å². The number of carboxylic acids is 2. The summed E-state index contributed by atoms with van der Waals surface area (Å²) in [6, 6.07) is 0. The molecule has 0 aliphatic carbocycles. The molecule has 0 spiro atoms. The first-order chi connectivity index (χ1) is 11.3. The number of esters is 1. The summed E-state index contributed by atoms with van der Waals surface area (Å²) in [6.07, 6.45) is 6.59. The van der Waals surface area contributed by atoms with Gasteiger partial charge in [0.25, 0.3) is 0 Å². The van der Waals surface area contributed by atoms with Crippen LogP contribution in [-0.2, 0) is 19.1 Å². The summed E-state index contributed by atoms with van der Waals surface area (Å²) >= 11 is -1.64. The molecule has 0 unspecified atom stereocenters. The van der Waals surface area contributed by atoms with Crippen LogP contribution in [0.5, 0.6) is 0 Å². The molecule has 24 heavy (non-hydrogen) atoms. The number of rotatable bonds is 10. The molecule has 0 rings (SSSR count). The van der Waals surface area contributed by atoms with E-state index in [0.29, 0.717) is 11.6 Å². The summed E-state index contributed by atoms with van der Waals surface area (Å²) in [5.41, 5.74) is 0.586. The van der Waals surface area contributed by atoms with Crippen molar-refractivity contribution in [1.82, 2.24) is 0 Å². The molecule has 0 heterocycles. The molecule has 0 atom stereocenters. The van der Waals surface area contributed by atoms with Crippen LogP contribution in [0.4, 0.5) is 0 Å². The van der Waals surface area contributed by atoms with Crippen molar-refractivity contribution < 1.29 is 29.3 Å². The first-order valence-electron chi connectivity index (χ1n) is 8.19. The molecule has 0 bridgehead atoms. The fourth-order valence-electron chi connectivity index (χ4n) is 1.88. The summed E-state index contributed by atoms with van der Waals surface area (Å²) in [4.78, 5) is 30.6. The predicted molar refractivity (Wildman–Crippen MR) is 96.8 cm³/mol. The van der Waals surface area contributed by atoms with E-state index in [1.165, 1.54) is 41.7 Å². The van der Waals surface area contributed by atoms with Crippen LogP contribution < -0.4 is 0 Å². The molecule has 0 aromatic carbocycles. The van der Waals surface area contributed by atoms with Crippen LogP contribution in [0, 0.1) is 0 Å². The van der Waals surface area contributed by atoms with Crippen LogP contribution >= 0.6 is 0 Å². The van der Waals surface area contributed by atoms with E-state index in [0.717, 1.165) is 6.08 Å². The molecule has 7 heteroatoms. The molecular weight excluding hydrogens is 419 g/mol. The number of unbranched alkanes of at least 4 members (excludes halogenated alkanes) is 2. The van der Waals surface area contributed by atoms with E-state index in [4.69, 9.17) is 10.2 Å². The number of aliphatic carboxylic acids is 2. The monoisotopic (exact) mass is 450 g/mol. The second kappa shape index (κ2) is 16.5. The van der Waals surface area contributed by atoms with Crippen LogP contribution in [-0.4, -0.2) is 55.0 Å². The Hall–Kier alpha value is -1.31. The number of hydrogen-bond donors (Lipinski definition) is 2. The molecule has 0 amide bonds. The van der Waals surface area contributed by atoms with Gasteiger partial charge in [0, 0.05) is 12.2 Å². The molecule has 0 saturated heterocycles. The molecule has 0 aromatic heterocycles. The quantitative estimate of drug-likeness (QED) is 0.302. The van der Waals surface area contributed by atoms with Crippen LogP contribution in [0.25, 0.3) is 0 Å². The van der Waals surface area contributed by atoms with Crippen LogP contribution in [0.15, 0.2) is 21.8 Å². The normalized spacial score (nSPS) is 11.1. The molecule has 0 aliphatic rings. The number of hydrogen-bond acceptors (Lipinski definition) is 4. The predicted octanol–water partition coefficient (Wildman–Crippen LogP) is 3.18. The fourth-order valence-corrected chi connectivity index (χ4v) is 11.4. The molecule has 0 aliphatic heterocycles. The van der Waals surface area contributed by atoms with Crippen molar-refractivity contribution in [1.29, 1.82) is 0 Å². The third-order valence-corrected chi connectivity index (χ3v) is 12.6. The maximum atomic E-state index is 10.7. The Labute approximate surface area is 151 Å². The number of carbonyl (C=O) groups is 3. The van der Waals surface area contributed by atoms with Crippen molar-refractivity contribution in [3.05, 3.63) is 21.8 Å². The van der Waals surface area contributed by atoms with Crippen molar-refractivity contribution in [2.24, 2.45) is 0 Å². The fraction of sp³-hybridized carbons (Fsp3) is 0.588. The maximum absolute atomic E-state index is 10.7. The third kappa shape index (κ3) is 17.0. The molecule has 0 saturated carbocycles. The average molecular weight is 449 g/mol. The number of methoxy groups -OCH3 is 1. The Balaban J connectivity index is 0. The molecule has 0 aromatic rings. The van der Waals surface area contributed by atoms with Gasteiger partial charge in [-0.1, -0.05) is 0 Å². The first-order valence-corrected chi connectivity index (χ1v) is 14.7. The van der Waals surface area contributed by atoms with E-state index in [9.17, 15) is 14.4 Å². The van der Waals surface area contributed by atoms with E-state index in [1.54, 1.807) is 6.92 Å². The van der Waals surface area contributed by atoms with Crippen molar-refractivity contribution in [2.45, 2.75) is 55.3 Å². The van der Waals surface area contributed by atoms with Gasteiger partial charge in [0.05, 0.1) is 7.11 Å². The zero-order chi connectivity index (χ0) is 19.0. The molecule has 138 valence electrons. The van der Waals surface area contributed by atoms with Gasteiger partial charge in [-0.3, -0.25) is 0 Å². The molecule has 6 nitrogen and oxygen atoms in total. The van der Waals surface area contributed by atoms with Gasteiger partial charge in [-0.15, -0.1) is 0 Å². The first kappa shape index (κ1) is 24.9. The second-order valence-electron chi connectivity index (χ2n) is 5.39. The summed E-state index contributed by atoms with van der Waals surface area (Å²) in [6.45, 7) is 6.15. The Bertz CT molecular complexity index is 434. The van der Waals surface area contributed by atoms with E-state index >= 15 is 0 Å². The minimum absolute atomic E-state index is 0.586. The van der Waals surface area contributed by atoms with Gasteiger partial charge in [-0.05, 0) is 0 Å². The number of ether oxygens (including phenoxy) is 1. The van der Waals surface area contributed by atoms with Gasteiger partial charge in [0.1, 0.15) is 0 Å². The van der Waals surface area contributed by atoms with Crippen LogP contribution in [0.2, 0.25) is 8.87 Å². The molecular formula is C17H30O6Sn. The smallest absolute Gasteiger partial charge is 0.330 e. The molecule has 2 N–H and O–H groups in total.